The zero-order valence-electron chi connectivity index (χ0n) is 22.9. The fourth-order valence-corrected chi connectivity index (χ4v) is 9.85. The van der Waals surface area contributed by atoms with Crippen molar-refractivity contribution < 1.29 is 17.1 Å². The molecule has 4 aromatic carbocycles. The van der Waals surface area contributed by atoms with Gasteiger partial charge in [-0.05, 0) is 72.2 Å². The molecule has 0 aliphatic rings. The molecule has 0 amide bonds. The average molecular weight is 577 g/mol. The maximum atomic E-state index is 5.85. The molecule has 0 heterocycles. The summed E-state index contributed by atoms with van der Waals surface area (Å²) in [5.74, 6) is 1.27. The minimum atomic E-state index is -1.86. The highest BCUT2D eigenvalue weighted by Gasteiger charge is 2.45. The largest absolute Gasteiger partial charge is 1.00 e. The Bertz CT molecular complexity index is 1230. The van der Waals surface area contributed by atoms with Gasteiger partial charge < -0.3 is 27.8 Å². The summed E-state index contributed by atoms with van der Waals surface area (Å²) in [6, 6.07) is 41.3. The third-order valence-electron chi connectivity index (χ3n) is 7.30. The van der Waals surface area contributed by atoms with Crippen molar-refractivity contribution in [2.75, 3.05) is 18.6 Å². The molecule has 0 bridgehead atoms. The quantitative estimate of drug-likeness (QED) is 0.206. The number of rotatable bonds is 11. The van der Waals surface area contributed by atoms with E-state index in [0.29, 0.717) is 11.0 Å². The Hall–Kier alpha value is -2.91. The number of hydrogen-bond acceptors (Lipinski definition) is 2. The molecule has 3 nitrogen and oxygen atoms in total. The second kappa shape index (κ2) is 15.0. The van der Waals surface area contributed by atoms with E-state index in [1.807, 2.05) is 24.3 Å². The van der Waals surface area contributed by atoms with Crippen LogP contribution in [0, 0.1) is 5.92 Å². The predicted octanol–water partition coefficient (Wildman–Crippen LogP) is 4.27. The first-order chi connectivity index (χ1) is 18.5. The smallest absolute Gasteiger partial charge is 0.171 e. The van der Waals surface area contributed by atoms with Crippen LogP contribution in [-0.2, 0) is 6.16 Å². The SMILES string of the molecule is CC[C@H](C)[C@@H](C[P+](Cc1ccccc1)(c1ccccc1)c1ccccc1)NC(=S)Nc1ccc(OC)cc1.[Cl-]. The zero-order valence-corrected chi connectivity index (χ0v) is 25.4. The van der Waals surface area contributed by atoms with Crippen molar-refractivity contribution in [1.82, 2.24) is 5.32 Å². The second-order valence-corrected chi connectivity index (χ2v) is 13.8. The van der Waals surface area contributed by atoms with Gasteiger partial charge in [0.05, 0.1) is 43.3 Å². The van der Waals surface area contributed by atoms with Crippen molar-refractivity contribution in [3.63, 3.8) is 0 Å². The molecular formula is C33H38ClN2OPS. The van der Waals surface area contributed by atoms with Gasteiger partial charge in [-0.3, -0.25) is 0 Å². The van der Waals surface area contributed by atoms with Crippen LogP contribution in [0.5, 0.6) is 5.75 Å². The Morgan fingerprint density at radius 1 is 0.795 bits per heavy atom. The van der Waals surface area contributed by atoms with Gasteiger partial charge >= 0.3 is 0 Å². The van der Waals surface area contributed by atoms with Gasteiger partial charge in [0.15, 0.2) is 5.11 Å². The molecule has 4 aromatic rings. The van der Waals surface area contributed by atoms with Crippen molar-refractivity contribution in [2.24, 2.45) is 5.92 Å². The second-order valence-electron chi connectivity index (χ2n) is 9.78. The number of anilines is 1. The van der Waals surface area contributed by atoms with E-state index in [-0.39, 0.29) is 18.4 Å². The highest BCUT2D eigenvalue weighted by atomic mass is 35.5. The van der Waals surface area contributed by atoms with Crippen molar-refractivity contribution in [1.29, 1.82) is 0 Å². The van der Waals surface area contributed by atoms with Crippen LogP contribution in [-0.4, -0.2) is 24.4 Å². The van der Waals surface area contributed by atoms with Gasteiger partial charge in [0.2, 0.25) is 0 Å². The first-order valence-electron chi connectivity index (χ1n) is 13.3. The lowest BCUT2D eigenvalue weighted by Gasteiger charge is -2.34. The van der Waals surface area contributed by atoms with Gasteiger partial charge in [-0.1, -0.05) is 87.0 Å². The Morgan fingerprint density at radius 2 is 1.31 bits per heavy atom. The number of ether oxygens (including phenoxy) is 1. The summed E-state index contributed by atoms with van der Waals surface area (Å²) < 4.78 is 5.30. The summed E-state index contributed by atoms with van der Waals surface area (Å²) in [5, 5.41) is 10.6. The third kappa shape index (κ3) is 8.05. The molecule has 0 aliphatic heterocycles. The first-order valence-corrected chi connectivity index (χ1v) is 15.8. The van der Waals surface area contributed by atoms with Crippen LogP contribution in [0.1, 0.15) is 25.8 Å². The number of halogens is 1. The molecule has 2 atom stereocenters. The summed E-state index contributed by atoms with van der Waals surface area (Å²) >= 11 is 5.85. The van der Waals surface area contributed by atoms with Crippen LogP contribution in [0.3, 0.4) is 0 Å². The highest BCUT2D eigenvalue weighted by molar-refractivity contribution is 7.88. The van der Waals surface area contributed by atoms with Gasteiger partial charge in [0.25, 0.3) is 0 Å². The zero-order chi connectivity index (χ0) is 26.8. The number of benzene rings is 4. The Kier molecular flexibility index (Phi) is 11.8. The maximum absolute atomic E-state index is 5.85. The Morgan fingerprint density at radius 3 is 1.79 bits per heavy atom. The lowest BCUT2D eigenvalue weighted by atomic mass is 10.0. The average Bonchev–Trinajstić information content (AvgIpc) is 2.97. The summed E-state index contributed by atoms with van der Waals surface area (Å²) in [5.41, 5.74) is 2.32. The van der Waals surface area contributed by atoms with Crippen molar-refractivity contribution >= 4 is 40.9 Å². The fourth-order valence-electron chi connectivity index (χ4n) is 4.93. The lowest BCUT2D eigenvalue weighted by molar-refractivity contribution is -0.00000799. The van der Waals surface area contributed by atoms with Crippen LogP contribution in [0.15, 0.2) is 115 Å². The van der Waals surface area contributed by atoms with E-state index in [0.717, 1.165) is 30.2 Å². The molecule has 0 saturated carbocycles. The number of thiocarbonyl (C=S) groups is 1. The normalized spacial score (nSPS) is 12.5. The standard InChI is InChI=1S/C33H37N2OPS.ClH/c1-4-26(2)32(35-33(38)34-28-20-22-29(36-3)23-21-28)25-37(30-16-10-6-11-17-30,31-18-12-7-13-19-31)24-27-14-8-5-9-15-27;/h5-23,26,32H,4,24-25H2,1-3H3,(H-,34,35,38);1H/t26-,32+;/m0./s1. The van der Waals surface area contributed by atoms with Crippen molar-refractivity contribution in [2.45, 2.75) is 32.5 Å². The summed E-state index contributed by atoms with van der Waals surface area (Å²) in [6.07, 6.45) is 3.09. The lowest BCUT2D eigenvalue weighted by Crippen LogP contribution is -3.00. The van der Waals surface area contributed by atoms with Gasteiger partial charge in [-0.25, -0.2) is 0 Å². The number of hydrogen-bond donors (Lipinski definition) is 2. The van der Waals surface area contributed by atoms with Gasteiger partial charge in [-0.2, -0.15) is 0 Å². The van der Waals surface area contributed by atoms with Crippen LogP contribution in [0.2, 0.25) is 0 Å². The molecule has 0 aromatic heterocycles. The van der Waals surface area contributed by atoms with E-state index in [4.69, 9.17) is 17.0 Å². The predicted molar refractivity (Wildman–Crippen MR) is 170 cm³/mol. The van der Waals surface area contributed by atoms with E-state index in [2.05, 4.69) is 115 Å². The van der Waals surface area contributed by atoms with Gasteiger partial charge in [0.1, 0.15) is 5.75 Å². The molecule has 0 saturated heterocycles. The van der Waals surface area contributed by atoms with E-state index >= 15 is 0 Å². The topological polar surface area (TPSA) is 33.3 Å². The van der Waals surface area contributed by atoms with E-state index < -0.39 is 7.26 Å². The summed E-state index contributed by atoms with van der Waals surface area (Å²) in [7, 11) is -0.186. The molecule has 4 rings (SSSR count). The number of methoxy groups -OCH3 is 1. The minimum Gasteiger partial charge on any atom is -1.00 e. The molecule has 204 valence electrons. The van der Waals surface area contributed by atoms with Crippen molar-refractivity contribution in [3.05, 3.63) is 121 Å². The fraction of sp³-hybridized carbons (Fsp3) is 0.242. The van der Waals surface area contributed by atoms with E-state index in [9.17, 15) is 0 Å². The molecule has 0 fully saturated rings. The Balaban J connectivity index is 0.00000420. The molecule has 0 radical (unpaired) electrons. The van der Waals surface area contributed by atoms with Crippen LogP contribution in [0.25, 0.3) is 0 Å². The molecule has 2 N–H and O–H groups in total. The summed E-state index contributed by atoms with van der Waals surface area (Å²) in [6.45, 7) is 4.60. The molecule has 0 aliphatic carbocycles. The van der Waals surface area contributed by atoms with Crippen LogP contribution < -0.4 is 38.4 Å². The highest BCUT2D eigenvalue weighted by Crippen LogP contribution is 2.60. The minimum absolute atomic E-state index is 0. The molecule has 6 heteroatoms. The molecule has 39 heavy (non-hydrogen) atoms. The van der Waals surface area contributed by atoms with Crippen molar-refractivity contribution in [3.8, 4) is 5.75 Å². The van der Waals surface area contributed by atoms with E-state index in [1.165, 1.54) is 16.2 Å². The first kappa shape index (κ1) is 30.6. The maximum Gasteiger partial charge on any atom is 0.171 e. The van der Waals surface area contributed by atoms with Gasteiger partial charge in [-0.15, -0.1) is 0 Å². The Labute approximate surface area is 246 Å². The molecule has 0 spiro atoms. The van der Waals surface area contributed by atoms with Gasteiger partial charge in [0, 0.05) is 5.69 Å². The monoisotopic (exact) mass is 576 g/mol. The van der Waals surface area contributed by atoms with Crippen LogP contribution in [0.4, 0.5) is 5.69 Å². The third-order valence-corrected chi connectivity index (χ3v) is 12.0. The van der Waals surface area contributed by atoms with Crippen LogP contribution >= 0.6 is 19.5 Å². The summed E-state index contributed by atoms with van der Waals surface area (Å²) in [4.78, 5) is 0. The molecular weight excluding hydrogens is 539 g/mol. The van der Waals surface area contributed by atoms with E-state index in [1.54, 1.807) is 7.11 Å². The molecule has 0 unspecified atom stereocenters. The number of nitrogens with one attached hydrogen (secondary N) is 2.